The molecule has 0 fully saturated rings. The second-order valence-electron chi connectivity index (χ2n) is 5.06. The average molecular weight is 429 g/mol. The molecule has 0 aliphatic carbocycles. The van der Waals surface area contributed by atoms with Crippen LogP contribution < -0.4 is 10.9 Å². The molecule has 7 nitrogen and oxygen atoms in total. The molecule has 14 heteroatoms. The minimum absolute atomic E-state index is 0.180. The lowest BCUT2D eigenvalue weighted by molar-refractivity contribution is -0.385. The molecule has 2 rings (SSSR count). The van der Waals surface area contributed by atoms with Crippen LogP contribution in [0, 0.1) is 10.1 Å². The molecule has 1 aromatic heterocycles. The van der Waals surface area contributed by atoms with Crippen LogP contribution in [0.5, 0.6) is 0 Å². The van der Waals surface area contributed by atoms with Crippen molar-refractivity contribution in [3.63, 3.8) is 0 Å². The van der Waals surface area contributed by atoms with Crippen molar-refractivity contribution in [2.45, 2.75) is 12.4 Å². The highest BCUT2D eigenvalue weighted by Gasteiger charge is 2.39. The van der Waals surface area contributed by atoms with Gasteiger partial charge in [0.15, 0.2) is 5.69 Å². The minimum Gasteiger partial charge on any atom is -0.325 e. The first-order valence-corrected chi connectivity index (χ1v) is 7.29. The van der Waals surface area contributed by atoms with Crippen molar-refractivity contribution >= 4 is 35.1 Å². The lowest BCUT2D eigenvalue weighted by atomic mass is 10.1. The Kier molecular flexibility index (Phi) is 5.41. The second kappa shape index (κ2) is 7.14. The SMILES string of the molecule is C=Cn1c(Nc2ccc([N+](=O)[O-])cc2C(F)(F)F)nc(C(F)(F)F)c(Cl)c1=O. The zero-order valence-electron chi connectivity index (χ0n) is 13.2. The number of benzene rings is 1. The summed E-state index contributed by atoms with van der Waals surface area (Å²) in [5.41, 5.74) is -6.60. The molecule has 0 spiro atoms. The fourth-order valence-electron chi connectivity index (χ4n) is 2.07. The summed E-state index contributed by atoms with van der Waals surface area (Å²) in [7, 11) is 0. The van der Waals surface area contributed by atoms with E-state index in [9.17, 15) is 41.3 Å². The van der Waals surface area contributed by atoms with Crippen LogP contribution in [0.15, 0.2) is 29.6 Å². The number of alkyl halides is 6. The monoisotopic (exact) mass is 428 g/mol. The van der Waals surface area contributed by atoms with E-state index < -0.39 is 56.4 Å². The number of non-ortho nitro benzene ring substituents is 1. The van der Waals surface area contributed by atoms with Gasteiger partial charge in [0.25, 0.3) is 11.2 Å². The summed E-state index contributed by atoms with van der Waals surface area (Å²) < 4.78 is 79.0. The number of nitro benzene ring substituents is 1. The molecule has 150 valence electrons. The fourth-order valence-corrected chi connectivity index (χ4v) is 2.31. The second-order valence-corrected chi connectivity index (χ2v) is 5.44. The number of halogens is 7. The van der Waals surface area contributed by atoms with Crippen LogP contribution in [0.25, 0.3) is 6.20 Å². The summed E-state index contributed by atoms with van der Waals surface area (Å²) in [5, 5.41) is 11.3. The first kappa shape index (κ1) is 21.2. The number of nitro groups is 1. The molecular weight excluding hydrogens is 422 g/mol. The molecule has 0 aliphatic heterocycles. The first-order chi connectivity index (χ1) is 12.8. The van der Waals surface area contributed by atoms with Crippen molar-refractivity contribution in [2.75, 3.05) is 5.32 Å². The lowest BCUT2D eigenvalue weighted by Crippen LogP contribution is -2.26. The number of nitrogens with one attached hydrogen (secondary N) is 1. The maximum atomic E-state index is 13.2. The number of nitrogens with zero attached hydrogens (tertiary/aromatic N) is 3. The Labute approximate surface area is 156 Å². The molecule has 0 aliphatic rings. The third-order valence-electron chi connectivity index (χ3n) is 3.28. The minimum atomic E-state index is -5.17. The predicted molar refractivity (Wildman–Crippen MR) is 86.3 cm³/mol. The largest absolute Gasteiger partial charge is 0.435 e. The summed E-state index contributed by atoms with van der Waals surface area (Å²) >= 11 is 5.35. The van der Waals surface area contributed by atoms with Crippen LogP contribution in [0.1, 0.15) is 11.3 Å². The van der Waals surface area contributed by atoms with Crippen molar-refractivity contribution in [3.8, 4) is 0 Å². The van der Waals surface area contributed by atoms with E-state index in [-0.39, 0.29) is 6.07 Å². The molecule has 0 amide bonds. The van der Waals surface area contributed by atoms with Gasteiger partial charge in [-0.25, -0.2) is 4.98 Å². The zero-order chi connectivity index (χ0) is 21.4. The van der Waals surface area contributed by atoms with Gasteiger partial charge in [0.1, 0.15) is 5.02 Å². The molecule has 1 N–H and O–H groups in total. The summed E-state index contributed by atoms with van der Waals surface area (Å²) in [6.45, 7) is 3.17. The maximum absolute atomic E-state index is 13.2. The van der Waals surface area contributed by atoms with Gasteiger partial charge >= 0.3 is 12.4 Å². The van der Waals surface area contributed by atoms with Crippen LogP contribution in [0.3, 0.4) is 0 Å². The zero-order valence-corrected chi connectivity index (χ0v) is 14.0. The highest BCUT2D eigenvalue weighted by atomic mass is 35.5. The van der Waals surface area contributed by atoms with Gasteiger partial charge in [-0.2, -0.15) is 26.3 Å². The molecule has 1 aromatic carbocycles. The smallest absolute Gasteiger partial charge is 0.325 e. The molecule has 0 saturated heterocycles. The number of anilines is 2. The number of rotatable bonds is 4. The van der Waals surface area contributed by atoms with Crippen LogP contribution >= 0.6 is 11.6 Å². The van der Waals surface area contributed by atoms with Crippen LogP contribution in [-0.4, -0.2) is 14.5 Å². The Hall–Kier alpha value is -3.09. The van der Waals surface area contributed by atoms with Gasteiger partial charge < -0.3 is 5.32 Å². The van der Waals surface area contributed by atoms with Gasteiger partial charge in [-0.3, -0.25) is 19.5 Å². The van der Waals surface area contributed by atoms with Crippen molar-refractivity contribution in [2.24, 2.45) is 0 Å². The number of hydrogen-bond acceptors (Lipinski definition) is 5. The number of hydrogen-bond donors (Lipinski definition) is 1. The van der Waals surface area contributed by atoms with E-state index in [0.29, 0.717) is 22.9 Å². The van der Waals surface area contributed by atoms with Gasteiger partial charge in [0.2, 0.25) is 5.95 Å². The summed E-state index contributed by atoms with van der Waals surface area (Å²) in [5.74, 6) is -0.976. The summed E-state index contributed by atoms with van der Waals surface area (Å²) in [6, 6.07) is 1.48. The average Bonchev–Trinajstić information content (AvgIpc) is 2.56. The van der Waals surface area contributed by atoms with Crippen LogP contribution in [0.4, 0.5) is 43.7 Å². The van der Waals surface area contributed by atoms with Gasteiger partial charge in [-0.05, 0) is 6.07 Å². The topological polar surface area (TPSA) is 90.1 Å². The third-order valence-corrected chi connectivity index (χ3v) is 3.62. The molecule has 0 unspecified atom stereocenters. The van der Waals surface area contributed by atoms with Gasteiger partial charge in [-0.1, -0.05) is 18.2 Å². The highest BCUT2D eigenvalue weighted by Crippen LogP contribution is 2.38. The Balaban J connectivity index is 2.72. The van der Waals surface area contributed by atoms with E-state index in [0.717, 1.165) is 0 Å². The Bertz CT molecular complexity index is 1020. The van der Waals surface area contributed by atoms with Crippen molar-refractivity contribution < 1.29 is 31.3 Å². The van der Waals surface area contributed by atoms with Crippen LogP contribution in [-0.2, 0) is 12.4 Å². The van der Waals surface area contributed by atoms with Gasteiger partial charge in [-0.15, -0.1) is 0 Å². The number of aromatic nitrogens is 2. The fraction of sp³-hybridized carbons (Fsp3) is 0.143. The van der Waals surface area contributed by atoms with Crippen molar-refractivity contribution in [3.05, 3.63) is 61.5 Å². The predicted octanol–water partition coefficient (Wildman–Crippen LogP) is 4.69. The molecule has 1 heterocycles. The van der Waals surface area contributed by atoms with Crippen molar-refractivity contribution in [1.82, 2.24) is 9.55 Å². The first-order valence-electron chi connectivity index (χ1n) is 6.91. The van der Waals surface area contributed by atoms with E-state index in [2.05, 4.69) is 11.6 Å². The Morgan fingerprint density at radius 2 is 1.82 bits per heavy atom. The quantitative estimate of drug-likeness (QED) is 0.433. The highest BCUT2D eigenvalue weighted by molar-refractivity contribution is 6.31. The molecule has 0 bridgehead atoms. The van der Waals surface area contributed by atoms with E-state index in [1.165, 1.54) is 0 Å². The van der Waals surface area contributed by atoms with E-state index in [4.69, 9.17) is 11.6 Å². The van der Waals surface area contributed by atoms with Crippen molar-refractivity contribution in [1.29, 1.82) is 0 Å². The molecule has 0 radical (unpaired) electrons. The van der Waals surface area contributed by atoms with Gasteiger partial charge in [0.05, 0.1) is 16.2 Å². The maximum Gasteiger partial charge on any atom is 0.435 e. The summed E-state index contributed by atoms with van der Waals surface area (Å²) in [6.07, 6.45) is -9.59. The molecule has 0 saturated carbocycles. The molecule has 0 atom stereocenters. The molecule has 2 aromatic rings. The lowest BCUT2D eigenvalue weighted by Gasteiger charge is -2.17. The third kappa shape index (κ3) is 4.08. The van der Waals surface area contributed by atoms with E-state index in [1.807, 2.05) is 5.32 Å². The normalized spacial score (nSPS) is 12.0. The molecule has 28 heavy (non-hydrogen) atoms. The Morgan fingerprint density at radius 1 is 1.21 bits per heavy atom. The standard InChI is InChI=1S/C14H7ClF6N4O3/c1-2-24-11(26)9(15)10(14(19,20)21)23-12(24)22-8-4-3-6(25(27)28)5-7(8)13(16,17)18/h2-5H,1H2,(H,22,23). The van der Waals surface area contributed by atoms with Crippen LogP contribution in [0.2, 0.25) is 5.02 Å². The summed E-state index contributed by atoms with van der Waals surface area (Å²) in [4.78, 5) is 24.7. The van der Waals surface area contributed by atoms with E-state index >= 15 is 0 Å². The molecular formula is C14H7ClF6N4O3. The van der Waals surface area contributed by atoms with Gasteiger partial charge in [0, 0.05) is 18.3 Å². The van der Waals surface area contributed by atoms with E-state index in [1.54, 1.807) is 0 Å². The Morgan fingerprint density at radius 3 is 2.29 bits per heavy atom.